The van der Waals surface area contributed by atoms with Crippen molar-refractivity contribution in [1.82, 2.24) is 9.80 Å². The van der Waals surface area contributed by atoms with Gasteiger partial charge in [0, 0.05) is 42.3 Å². The molecule has 0 spiro atoms. The van der Waals surface area contributed by atoms with Gasteiger partial charge in [0.1, 0.15) is 5.75 Å². The molecule has 1 N–H and O–H groups in total. The number of hydrogen-bond acceptors (Lipinski definition) is 4. The summed E-state index contributed by atoms with van der Waals surface area (Å²) in [6.45, 7) is 3.16. The fraction of sp³-hybridized carbons (Fsp3) is 0.217. The summed E-state index contributed by atoms with van der Waals surface area (Å²) in [5.41, 5.74) is 2.54. The van der Waals surface area contributed by atoms with E-state index in [-0.39, 0.29) is 17.2 Å². The molecule has 0 aromatic heterocycles. The number of amides is 1. The second kappa shape index (κ2) is 7.85. The summed E-state index contributed by atoms with van der Waals surface area (Å²) in [6.07, 6.45) is 0.656. The summed E-state index contributed by atoms with van der Waals surface area (Å²) in [5, 5.41) is 11.9. The number of nitrogens with zero attached hydrogens (tertiary/aromatic N) is 2. The van der Waals surface area contributed by atoms with Gasteiger partial charge in [-0.25, -0.2) is 0 Å². The number of likely N-dealkylation sites (N-methyl/N-ethyl adjacent to an activating group) is 1. The number of aromatic hydroxyl groups is 1. The maximum absolute atomic E-state index is 12.8. The first-order chi connectivity index (χ1) is 14.0. The molecule has 0 unspecified atom stereocenters. The van der Waals surface area contributed by atoms with Crippen molar-refractivity contribution in [2.24, 2.45) is 0 Å². The maximum atomic E-state index is 12.8. The van der Waals surface area contributed by atoms with E-state index in [0.717, 1.165) is 29.6 Å². The standard InChI is InChI=1S/C23H21ClN2O3/c1-25-8-10-26(11-9-25)23(29)17-3-6-19(21(24)13-17)16-2-5-18-15(12-16)4-7-22(28)20(18)14-27/h2-7,12-14,28H,8-11H2,1H3. The highest BCUT2D eigenvalue weighted by Gasteiger charge is 2.21. The molecular weight excluding hydrogens is 388 g/mol. The van der Waals surface area contributed by atoms with Crippen molar-refractivity contribution in [3.63, 3.8) is 0 Å². The Labute approximate surface area is 174 Å². The number of piperazine rings is 1. The van der Waals surface area contributed by atoms with Gasteiger partial charge in [0.05, 0.1) is 5.56 Å². The molecule has 3 aromatic carbocycles. The molecule has 0 radical (unpaired) electrons. The minimum absolute atomic E-state index is 0.00355. The molecule has 29 heavy (non-hydrogen) atoms. The van der Waals surface area contributed by atoms with E-state index in [1.54, 1.807) is 24.3 Å². The van der Waals surface area contributed by atoms with Crippen LogP contribution in [0, 0.1) is 0 Å². The summed E-state index contributed by atoms with van der Waals surface area (Å²) < 4.78 is 0. The third-order valence-electron chi connectivity index (χ3n) is 5.47. The Bertz CT molecular complexity index is 1100. The summed E-state index contributed by atoms with van der Waals surface area (Å²) in [7, 11) is 2.05. The van der Waals surface area contributed by atoms with E-state index in [2.05, 4.69) is 11.9 Å². The normalized spacial score (nSPS) is 14.9. The SMILES string of the molecule is CN1CCN(C(=O)c2ccc(-c3ccc4c(C=O)c(O)ccc4c3)c(Cl)c2)CC1. The van der Waals surface area contributed by atoms with Crippen LogP contribution in [0.4, 0.5) is 0 Å². The molecule has 0 atom stereocenters. The van der Waals surface area contributed by atoms with E-state index in [1.165, 1.54) is 6.07 Å². The van der Waals surface area contributed by atoms with Gasteiger partial charge in [-0.2, -0.15) is 0 Å². The van der Waals surface area contributed by atoms with Crippen LogP contribution in [0.1, 0.15) is 20.7 Å². The van der Waals surface area contributed by atoms with Crippen LogP contribution in [0.5, 0.6) is 5.75 Å². The summed E-state index contributed by atoms with van der Waals surface area (Å²) in [6, 6.07) is 14.2. The fourth-order valence-electron chi connectivity index (χ4n) is 3.71. The van der Waals surface area contributed by atoms with Gasteiger partial charge in [-0.15, -0.1) is 0 Å². The molecule has 0 bridgehead atoms. The van der Waals surface area contributed by atoms with Gasteiger partial charge >= 0.3 is 0 Å². The molecule has 6 heteroatoms. The molecule has 5 nitrogen and oxygen atoms in total. The van der Waals surface area contributed by atoms with Gasteiger partial charge in [-0.05, 0) is 47.6 Å². The molecule has 1 aliphatic heterocycles. The Morgan fingerprint density at radius 2 is 1.79 bits per heavy atom. The summed E-state index contributed by atoms with van der Waals surface area (Å²) in [4.78, 5) is 28.1. The van der Waals surface area contributed by atoms with Crippen LogP contribution in [0.25, 0.3) is 21.9 Å². The number of phenols is 1. The van der Waals surface area contributed by atoms with Crippen LogP contribution < -0.4 is 0 Å². The highest BCUT2D eigenvalue weighted by Crippen LogP contribution is 2.33. The van der Waals surface area contributed by atoms with Crippen LogP contribution in [0.15, 0.2) is 48.5 Å². The molecule has 1 aliphatic rings. The first-order valence-electron chi connectivity index (χ1n) is 9.46. The van der Waals surface area contributed by atoms with E-state index in [1.807, 2.05) is 23.1 Å². The van der Waals surface area contributed by atoms with Crippen molar-refractivity contribution in [2.75, 3.05) is 33.2 Å². The van der Waals surface area contributed by atoms with E-state index < -0.39 is 0 Å². The number of aldehydes is 1. The van der Waals surface area contributed by atoms with Crippen molar-refractivity contribution in [3.05, 3.63) is 64.7 Å². The lowest BCUT2D eigenvalue weighted by Gasteiger charge is -2.32. The maximum Gasteiger partial charge on any atom is 0.253 e. The number of phenolic OH excluding ortho intramolecular Hbond substituents is 1. The number of fused-ring (bicyclic) bond motifs is 1. The lowest BCUT2D eigenvalue weighted by molar-refractivity contribution is 0.0664. The Morgan fingerprint density at radius 3 is 2.48 bits per heavy atom. The smallest absolute Gasteiger partial charge is 0.253 e. The predicted octanol–water partition coefficient (Wildman–Crippen LogP) is 4.07. The largest absolute Gasteiger partial charge is 0.507 e. The van der Waals surface area contributed by atoms with Crippen molar-refractivity contribution in [2.45, 2.75) is 0 Å². The van der Waals surface area contributed by atoms with Crippen molar-refractivity contribution in [1.29, 1.82) is 0 Å². The lowest BCUT2D eigenvalue weighted by atomic mass is 9.97. The van der Waals surface area contributed by atoms with Crippen molar-refractivity contribution in [3.8, 4) is 16.9 Å². The van der Waals surface area contributed by atoms with Crippen LogP contribution in [0.2, 0.25) is 5.02 Å². The monoisotopic (exact) mass is 408 g/mol. The second-order valence-corrected chi connectivity index (χ2v) is 7.75. The van der Waals surface area contributed by atoms with Gasteiger partial charge < -0.3 is 14.9 Å². The summed E-state index contributed by atoms with van der Waals surface area (Å²) >= 11 is 6.53. The van der Waals surface area contributed by atoms with Crippen molar-refractivity contribution >= 4 is 34.6 Å². The lowest BCUT2D eigenvalue weighted by Crippen LogP contribution is -2.47. The van der Waals surface area contributed by atoms with E-state index in [9.17, 15) is 14.7 Å². The van der Waals surface area contributed by atoms with E-state index in [0.29, 0.717) is 35.3 Å². The number of halogens is 1. The zero-order valence-electron chi connectivity index (χ0n) is 16.1. The molecule has 3 aromatic rings. The van der Waals surface area contributed by atoms with Crippen LogP contribution in [-0.2, 0) is 0 Å². The van der Waals surface area contributed by atoms with Crippen LogP contribution in [0.3, 0.4) is 0 Å². The molecule has 0 aliphatic carbocycles. The Morgan fingerprint density at radius 1 is 1.03 bits per heavy atom. The fourth-order valence-corrected chi connectivity index (χ4v) is 4.00. The quantitative estimate of drug-likeness (QED) is 0.664. The minimum atomic E-state index is -0.0370. The van der Waals surface area contributed by atoms with Gasteiger partial charge in [0.2, 0.25) is 0 Å². The van der Waals surface area contributed by atoms with Crippen LogP contribution in [-0.4, -0.2) is 60.3 Å². The molecule has 1 amide bonds. The highest BCUT2D eigenvalue weighted by molar-refractivity contribution is 6.33. The van der Waals surface area contributed by atoms with E-state index >= 15 is 0 Å². The highest BCUT2D eigenvalue weighted by atomic mass is 35.5. The minimum Gasteiger partial charge on any atom is -0.507 e. The summed E-state index contributed by atoms with van der Waals surface area (Å²) in [5.74, 6) is -0.0405. The number of rotatable bonds is 3. The predicted molar refractivity (Wildman–Crippen MR) is 115 cm³/mol. The van der Waals surface area contributed by atoms with Gasteiger partial charge in [-0.3, -0.25) is 9.59 Å². The molecule has 1 heterocycles. The zero-order valence-corrected chi connectivity index (χ0v) is 16.8. The average molecular weight is 409 g/mol. The number of carbonyl (C=O) groups is 2. The van der Waals surface area contributed by atoms with E-state index in [4.69, 9.17) is 11.6 Å². The Kier molecular flexibility index (Phi) is 5.26. The Hall–Kier alpha value is -2.89. The number of hydrogen-bond donors (Lipinski definition) is 1. The molecule has 148 valence electrons. The number of benzene rings is 3. The third kappa shape index (κ3) is 3.71. The zero-order chi connectivity index (χ0) is 20.5. The Balaban J connectivity index is 1.65. The van der Waals surface area contributed by atoms with Crippen LogP contribution >= 0.6 is 11.6 Å². The van der Waals surface area contributed by atoms with Crippen molar-refractivity contribution < 1.29 is 14.7 Å². The number of carbonyl (C=O) groups excluding carboxylic acids is 2. The molecular formula is C23H21ClN2O3. The molecule has 1 fully saturated rings. The molecule has 0 saturated carbocycles. The first kappa shape index (κ1) is 19.4. The van der Waals surface area contributed by atoms with Gasteiger partial charge in [-0.1, -0.05) is 35.9 Å². The average Bonchev–Trinajstić information content (AvgIpc) is 2.73. The van der Waals surface area contributed by atoms with Gasteiger partial charge in [0.25, 0.3) is 5.91 Å². The third-order valence-corrected chi connectivity index (χ3v) is 5.79. The second-order valence-electron chi connectivity index (χ2n) is 7.34. The van der Waals surface area contributed by atoms with Gasteiger partial charge in [0.15, 0.2) is 6.29 Å². The first-order valence-corrected chi connectivity index (χ1v) is 9.84. The topological polar surface area (TPSA) is 60.9 Å². The molecule has 4 rings (SSSR count). The molecule has 1 saturated heterocycles.